The summed E-state index contributed by atoms with van der Waals surface area (Å²) in [6, 6.07) is 7.13. The van der Waals surface area contributed by atoms with Gasteiger partial charge in [-0.2, -0.15) is 0 Å². The standard InChI is InChI=1S/C11H11NO3/c1-14-8-3-4-9-7(5-8)6-10(15-2)11(13)12-9/h3-6H,1-2H3,(H,12,13). The van der Waals surface area contributed by atoms with Crippen molar-refractivity contribution in [2.75, 3.05) is 14.2 Å². The average molecular weight is 205 g/mol. The summed E-state index contributed by atoms with van der Waals surface area (Å²) < 4.78 is 10.0. The zero-order valence-electron chi connectivity index (χ0n) is 8.53. The highest BCUT2D eigenvalue weighted by molar-refractivity contribution is 5.81. The van der Waals surface area contributed by atoms with Gasteiger partial charge in [-0.05, 0) is 24.3 Å². The lowest BCUT2D eigenvalue weighted by Gasteiger charge is -2.04. The van der Waals surface area contributed by atoms with Gasteiger partial charge in [0, 0.05) is 10.9 Å². The van der Waals surface area contributed by atoms with Gasteiger partial charge in [0.2, 0.25) is 0 Å². The Morgan fingerprint density at radius 1 is 1.13 bits per heavy atom. The number of aromatic amines is 1. The molecule has 0 aliphatic rings. The van der Waals surface area contributed by atoms with Crippen LogP contribution < -0.4 is 15.0 Å². The van der Waals surface area contributed by atoms with Gasteiger partial charge in [0.25, 0.3) is 5.56 Å². The van der Waals surface area contributed by atoms with Crippen LogP contribution in [0.4, 0.5) is 0 Å². The first-order chi connectivity index (χ1) is 7.24. The molecule has 0 saturated carbocycles. The van der Waals surface area contributed by atoms with Crippen LogP contribution in [0.5, 0.6) is 11.5 Å². The molecule has 1 heterocycles. The molecule has 0 radical (unpaired) electrons. The van der Waals surface area contributed by atoms with E-state index in [0.29, 0.717) is 5.75 Å². The molecule has 1 aromatic carbocycles. The van der Waals surface area contributed by atoms with Gasteiger partial charge < -0.3 is 14.5 Å². The van der Waals surface area contributed by atoms with E-state index in [0.717, 1.165) is 16.7 Å². The van der Waals surface area contributed by atoms with Crippen LogP contribution in [0.2, 0.25) is 0 Å². The molecule has 0 amide bonds. The van der Waals surface area contributed by atoms with Crippen LogP contribution in [0.15, 0.2) is 29.1 Å². The van der Waals surface area contributed by atoms with E-state index in [-0.39, 0.29) is 5.56 Å². The summed E-state index contributed by atoms with van der Waals surface area (Å²) in [6.45, 7) is 0. The van der Waals surface area contributed by atoms with Crippen molar-refractivity contribution in [3.05, 3.63) is 34.6 Å². The number of benzene rings is 1. The number of rotatable bonds is 2. The van der Waals surface area contributed by atoms with E-state index in [4.69, 9.17) is 9.47 Å². The van der Waals surface area contributed by atoms with Gasteiger partial charge in [-0.3, -0.25) is 4.79 Å². The van der Waals surface area contributed by atoms with Crippen LogP contribution in [0.25, 0.3) is 10.9 Å². The number of fused-ring (bicyclic) bond motifs is 1. The van der Waals surface area contributed by atoms with E-state index in [9.17, 15) is 4.79 Å². The van der Waals surface area contributed by atoms with Gasteiger partial charge in [0.1, 0.15) is 5.75 Å². The third kappa shape index (κ3) is 1.66. The Balaban J connectivity index is 2.71. The highest BCUT2D eigenvalue weighted by Gasteiger charge is 2.03. The first-order valence-electron chi connectivity index (χ1n) is 4.49. The number of pyridine rings is 1. The van der Waals surface area contributed by atoms with Gasteiger partial charge in [-0.1, -0.05) is 0 Å². The molecule has 0 aliphatic carbocycles. The molecule has 0 saturated heterocycles. The predicted octanol–water partition coefficient (Wildman–Crippen LogP) is 1.55. The summed E-state index contributed by atoms with van der Waals surface area (Å²) in [5.41, 5.74) is 0.539. The Labute approximate surface area is 86.5 Å². The molecule has 78 valence electrons. The van der Waals surface area contributed by atoms with E-state index >= 15 is 0 Å². The van der Waals surface area contributed by atoms with E-state index in [2.05, 4.69) is 4.98 Å². The second-order valence-electron chi connectivity index (χ2n) is 3.12. The summed E-state index contributed by atoms with van der Waals surface area (Å²) in [6.07, 6.45) is 0. The van der Waals surface area contributed by atoms with Crippen LogP contribution in [0.3, 0.4) is 0 Å². The van der Waals surface area contributed by atoms with Gasteiger partial charge in [0.15, 0.2) is 5.75 Å². The summed E-state index contributed by atoms with van der Waals surface area (Å²) in [7, 11) is 3.07. The lowest BCUT2D eigenvalue weighted by molar-refractivity contribution is 0.409. The number of H-pyrrole nitrogens is 1. The lowest BCUT2D eigenvalue weighted by atomic mass is 10.2. The average Bonchev–Trinajstić information content (AvgIpc) is 2.27. The molecule has 15 heavy (non-hydrogen) atoms. The fraction of sp³-hybridized carbons (Fsp3) is 0.182. The van der Waals surface area contributed by atoms with E-state index < -0.39 is 0 Å². The monoisotopic (exact) mass is 205 g/mol. The molecule has 1 aromatic heterocycles. The smallest absolute Gasteiger partial charge is 0.290 e. The summed E-state index contributed by atoms with van der Waals surface area (Å²) in [5.74, 6) is 1.05. The SMILES string of the molecule is COc1ccc2[nH]c(=O)c(OC)cc2c1. The Bertz CT molecular complexity index is 545. The number of nitrogens with one attached hydrogen (secondary N) is 1. The maximum absolute atomic E-state index is 11.4. The highest BCUT2D eigenvalue weighted by atomic mass is 16.5. The Morgan fingerprint density at radius 2 is 1.93 bits per heavy atom. The summed E-state index contributed by atoms with van der Waals surface area (Å²) >= 11 is 0. The topological polar surface area (TPSA) is 51.3 Å². The third-order valence-electron chi connectivity index (χ3n) is 2.24. The first-order valence-corrected chi connectivity index (χ1v) is 4.49. The van der Waals surface area contributed by atoms with Crippen molar-refractivity contribution in [2.24, 2.45) is 0 Å². The molecule has 0 fully saturated rings. The predicted molar refractivity (Wildman–Crippen MR) is 57.7 cm³/mol. The number of methoxy groups -OCH3 is 2. The van der Waals surface area contributed by atoms with Crippen LogP contribution in [-0.4, -0.2) is 19.2 Å². The quantitative estimate of drug-likeness (QED) is 0.809. The summed E-state index contributed by atoms with van der Waals surface area (Å²) in [4.78, 5) is 14.1. The third-order valence-corrected chi connectivity index (χ3v) is 2.24. The minimum atomic E-state index is -0.227. The lowest BCUT2D eigenvalue weighted by Crippen LogP contribution is -2.08. The normalized spacial score (nSPS) is 10.3. The van der Waals surface area contributed by atoms with Crippen LogP contribution in [0.1, 0.15) is 0 Å². The Kier molecular flexibility index (Phi) is 2.33. The van der Waals surface area contributed by atoms with Gasteiger partial charge >= 0.3 is 0 Å². The zero-order valence-corrected chi connectivity index (χ0v) is 8.53. The number of hydrogen-bond acceptors (Lipinski definition) is 3. The molecule has 1 N–H and O–H groups in total. The van der Waals surface area contributed by atoms with Crippen molar-refractivity contribution in [1.29, 1.82) is 0 Å². The molecular formula is C11H11NO3. The zero-order chi connectivity index (χ0) is 10.8. The molecule has 0 atom stereocenters. The van der Waals surface area contributed by atoms with Crippen molar-refractivity contribution in [3.8, 4) is 11.5 Å². The number of ether oxygens (including phenoxy) is 2. The molecule has 2 aromatic rings. The van der Waals surface area contributed by atoms with Gasteiger partial charge in [0.05, 0.1) is 14.2 Å². The molecule has 0 aliphatic heterocycles. The first kappa shape index (κ1) is 9.58. The highest BCUT2D eigenvalue weighted by Crippen LogP contribution is 2.20. The molecule has 4 heteroatoms. The Hall–Kier alpha value is -1.97. The van der Waals surface area contributed by atoms with E-state index in [1.165, 1.54) is 7.11 Å². The van der Waals surface area contributed by atoms with Crippen molar-refractivity contribution in [3.63, 3.8) is 0 Å². The summed E-state index contributed by atoms with van der Waals surface area (Å²) in [5, 5.41) is 0.880. The van der Waals surface area contributed by atoms with Crippen molar-refractivity contribution >= 4 is 10.9 Å². The number of hydrogen-bond donors (Lipinski definition) is 1. The van der Waals surface area contributed by atoms with Gasteiger partial charge in [-0.25, -0.2) is 0 Å². The van der Waals surface area contributed by atoms with E-state index in [1.54, 1.807) is 25.3 Å². The van der Waals surface area contributed by atoms with Crippen LogP contribution in [0, 0.1) is 0 Å². The fourth-order valence-electron chi connectivity index (χ4n) is 1.44. The Morgan fingerprint density at radius 3 is 2.60 bits per heavy atom. The molecule has 4 nitrogen and oxygen atoms in total. The van der Waals surface area contributed by atoms with E-state index in [1.807, 2.05) is 6.07 Å². The maximum Gasteiger partial charge on any atom is 0.290 e. The molecule has 0 bridgehead atoms. The van der Waals surface area contributed by atoms with Crippen molar-refractivity contribution in [1.82, 2.24) is 4.98 Å². The minimum Gasteiger partial charge on any atom is -0.497 e. The minimum absolute atomic E-state index is 0.227. The molecule has 2 rings (SSSR count). The van der Waals surface area contributed by atoms with Gasteiger partial charge in [-0.15, -0.1) is 0 Å². The van der Waals surface area contributed by atoms with Crippen LogP contribution >= 0.6 is 0 Å². The molecular weight excluding hydrogens is 194 g/mol. The van der Waals surface area contributed by atoms with Crippen molar-refractivity contribution in [2.45, 2.75) is 0 Å². The number of aromatic nitrogens is 1. The van der Waals surface area contributed by atoms with Crippen LogP contribution in [-0.2, 0) is 0 Å². The largest absolute Gasteiger partial charge is 0.497 e. The second-order valence-corrected chi connectivity index (χ2v) is 3.12. The maximum atomic E-state index is 11.4. The van der Waals surface area contributed by atoms with Crippen molar-refractivity contribution < 1.29 is 9.47 Å². The molecule has 0 spiro atoms. The second kappa shape index (κ2) is 3.65. The fourth-order valence-corrected chi connectivity index (χ4v) is 1.44. The molecule has 0 unspecified atom stereocenters.